The third kappa shape index (κ3) is 3.61. The van der Waals surface area contributed by atoms with Crippen molar-refractivity contribution in [3.8, 4) is 6.07 Å². The number of thioether (sulfide) groups is 1. The Bertz CT molecular complexity index is 375. The molecule has 0 aromatic carbocycles. The van der Waals surface area contributed by atoms with Gasteiger partial charge in [-0.3, -0.25) is 0 Å². The predicted octanol–water partition coefficient (Wildman–Crippen LogP) is 2.77. The van der Waals surface area contributed by atoms with E-state index in [0.717, 1.165) is 5.75 Å². The van der Waals surface area contributed by atoms with Crippen molar-refractivity contribution < 1.29 is 0 Å². The van der Waals surface area contributed by atoms with Gasteiger partial charge in [-0.15, -0.1) is 0 Å². The molecule has 0 bridgehead atoms. The third-order valence-electron chi connectivity index (χ3n) is 1.76. The van der Waals surface area contributed by atoms with Crippen molar-refractivity contribution in [2.45, 2.75) is 13.0 Å². The molecule has 0 saturated carbocycles. The summed E-state index contributed by atoms with van der Waals surface area (Å²) in [5, 5.41) is 12.3. The van der Waals surface area contributed by atoms with E-state index in [9.17, 15) is 0 Å². The molecule has 1 N–H and O–H groups in total. The van der Waals surface area contributed by atoms with Crippen LogP contribution in [-0.2, 0) is 0 Å². The van der Waals surface area contributed by atoms with Gasteiger partial charge in [0.2, 0.25) is 0 Å². The molecular weight excluding hydrogens is 230 g/mol. The van der Waals surface area contributed by atoms with Crippen LogP contribution < -0.4 is 5.32 Å². The topological polar surface area (TPSA) is 48.7 Å². The maximum Gasteiger partial charge on any atom is 0.161 e. The lowest BCUT2D eigenvalue weighted by atomic mass is 10.3. The molecule has 0 fully saturated rings. The molecule has 1 unspecified atom stereocenters. The predicted molar refractivity (Wildman–Crippen MR) is 65.4 cm³/mol. The van der Waals surface area contributed by atoms with Crippen molar-refractivity contribution in [3.63, 3.8) is 0 Å². The maximum atomic E-state index is 8.75. The lowest BCUT2D eigenvalue weighted by molar-refractivity contribution is 0.902. The van der Waals surface area contributed by atoms with Gasteiger partial charge >= 0.3 is 0 Å². The van der Waals surface area contributed by atoms with Gasteiger partial charge in [0.05, 0.1) is 5.02 Å². The van der Waals surface area contributed by atoms with E-state index in [1.165, 1.54) is 0 Å². The molecule has 0 saturated heterocycles. The van der Waals surface area contributed by atoms with Gasteiger partial charge in [0.1, 0.15) is 11.9 Å². The molecule has 1 rings (SSSR count). The van der Waals surface area contributed by atoms with E-state index in [1.54, 1.807) is 23.9 Å². The van der Waals surface area contributed by atoms with E-state index < -0.39 is 0 Å². The molecule has 1 aromatic rings. The smallest absolute Gasteiger partial charge is 0.161 e. The van der Waals surface area contributed by atoms with Gasteiger partial charge in [0.15, 0.2) is 5.69 Å². The van der Waals surface area contributed by atoms with Crippen LogP contribution in [0.5, 0.6) is 0 Å². The quantitative estimate of drug-likeness (QED) is 0.881. The van der Waals surface area contributed by atoms with Crippen molar-refractivity contribution in [1.82, 2.24) is 4.98 Å². The minimum atomic E-state index is 0.262. The number of hydrogen-bond acceptors (Lipinski definition) is 4. The Balaban J connectivity index is 2.75. The normalized spacial score (nSPS) is 11.9. The zero-order valence-corrected chi connectivity index (χ0v) is 10.2. The minimum absolute atomic E-state index is 0.262. The SMILES string of the molecule is CSCC(C)Nc1ccc(Cl)c(C#N)n1. The van der Waals surface area contributed by atoms with Crippen LogP contribution in [0, 0.1) is 11.3 Å². The highest BCUT2D eigenvalue weighted by atomic mass is 35.5. The summed E-state index contributed by atoms with van der Waals surface area (Å²) in [6, 6.07) is 5.73. The summed E-state index contributed by atoms with van der Waals surface area (Å²) < 4.78 is 0. The van der Waals surface area contributed by atoms with Crippen LogP contribution in [0.25, 0.3) is 0 Å². The van der Waals surface area contributed by atoms with Gasteiger partial charge in [-0.2, -0.15) is 17.0 Å². The first-order valence-electron chi connectivity index (χ1n) is 4.49. The van der Waals surface area contributed by atoms with Gasteiger partial charge in [-0.05, 0) is 25.3 Å². The average molecular weight is 242 g/mol. The van der Waals surface area contributed by atoms with Crippen LogP contribution in [0.4, 0.5) is 5.82 Å². The molecule has 0 amide bonds. The largest absolute Gasteiger partial charge is 0.367 e. The molecule has 1 heterocycles. The average Bonchev–Trinajstić information content (AvgIpc) is 2.21. The first kappa shape index (κ1) is 12.2. The fourth-order valence-corrected chi connectivity index (χ4v) is 1.88. The van der Waals surface area contributed by atoms with E-state index in [1.807, 2.05) is 12.3 Å². The van der Waals surface area contributed by atoms with E-state index in [4.69, 9.17) is 16.9 Å². The van der Waals surface area contributed by atoms with Crippen LogP contribution in [0.3, 0.4) is 0 Å². The Morgan fingerprint density at radius 3 is 3.00 bits per heavy atom. The number of nitrogens with zero attached hydrogens (tertiary/aromatic N) is 2. The summed E-state index contributed by atoms with van der Waals surface area (Å²) in [6.45, 7) is 2.07. The molecule has 0 spiro atoms. The van der Waals surface area contributed by atoms with Crippen molar-refractivity contribution in [1.29, 1.82) is 5.26 Å². The maximum absolute atomic E-state index is 8.75. The second-order valence-electron chi connectivity index (χ2n) is 3.14. The van der Waals surface area contributed by atoms with Crippen molar-refractivity contribution in [3.05, 3.63) is 22.8 Å². The van der Waals surface area contributed by atoms with Crippen LogP contribution >= 0.6 is 23.4 Å². The number of rotatable bonds is 4. The second kappa shape index (κ2) is 5.84. The number of nitriles is 1. The lowest BCUT2D eigenvalue weighted by Crippen LogP contribution is -2.18. The summed E-state index contributed by atoms with van der Waals surface area (Å²) in [4.78, 5) is 4.10. The summed E-state index contributed by atoms with van der Waals surface area (Å²) in [6.07, 6.45) is 2.05. The monoisotopic (exact) mass is 241 g/mol. The summed E-state index contributed by atoms with van der Waals surface area (Å²) in [5.74, 6) is 1.68. The molecule has 3 nitrogen and oxygen atoms in total. The van der Waals surface area contributed by atoms with Gasteiger partial charge in [0, 0.05) is 11.8 Å². The minimum Gasteiger partial charge on any atom is -0.367 e. The van der Waals surface area contributed by atoms with Gasteiger partial charge in [-0.1, -0.05) is 11.6 Å². The molecule has 0 aliphatic heterocycles. The Morgan fingerprint density at radius 2 is 2.40 bits per heavy atom. The molecule has 0 aliphatic carbocycles. The Morgan fingerprint density at radius 1 is 1.67 bits per heavy atom. The first-order chi connectivity index (χ1) is 7.17. The van der Waals surface area contributed by atoms with E-state index in [0.29, 0.717) is 16.9 Å². The third-order valence-corrected chi connectivity index (χ3v) is 2.90. The van der Waals surface area contributed by atoms with E-state index >= 15 is 0 Å². The highest BCUT2D eigenvalue weighted by Crippen LogP contribution is 2.16. The van der Waals surface area contributed by atoms with Crippen LogP contribution in [-0.4, -0.2) is 23.0 Å². The van der Waals surface area contributed by atoms with Gasteiger partial charge in [0.25, 0.3) is 0 Å². The molecule has 1 atom stereocenters. The molecule has 15 heavy (non-hydrogen) atoms. The van der Waals surface area contributed by atoms with E-state index in [2.05, 4.69) is 17.2 Å². The number of hydrogen-bond donors (Lipinski definition) is 1. The van der Waals surface area contributed by atoms with Crippen molar-refractivity contribution in [2.24, 2.45) is 0 Å². The molecule has 80 valence electrons. The first-order valence-corrected chi connectivity index (χ1v) is 6.26. The van der Waals surface area contributed by atoms with Crippen LogP contribution in [0.2, 0.25) is 5.02 Å². The van der Waals surface area contributed by atoms with Crippen LogP contribution in [0.1, 0.15) is 12.6 Å². The zero-order valence-electron chi connectivity index (χ0n) is 8.62. The second-order valence-corrected chi connectivity index (χ2v) is 4.46. The number of halogens is 1. The van der Waals surface area contributed by atoms with Crippen LogP contribution in [0.15, 0.2) is 12.1 Å². The number of anilines is 1. The zero-order chi connectivity index (χ0) is 11.3. The number of nitrogens with one attached hydrogen (secondary N) is 1. The standard InChI is InChI=1S/C10H12ClN3S/c1-7(6-15-2)13-10-4-3-8(11)9(5-12)14-10/h3-4,7H,6H2,1-2H3,(H,13,14). The molecule has 0 radical (unpaired) electrons. The highest BCUT2D eigenvalue weighted by Gasteiger charge is 2.05. The fourth-order valence-electron chi connectivity index (χ4n) is 1.15. The van der Waals surface area contributed by atoms with Crippen molar-refractivity contribution in [2.75, 3.05) is 17.3 Å². The van der Waals surface area contributed by atoms with Gasteiger partial charge < -0.3 is 5.32 Å². The summed E-state index contributed by atoms with van der Waals surface area (Å²) >= 11 is 7.54. The summed E-state index contributed by atoms with van der Waals surface area (Å²) in [7, 11) is 0. The molecular formula is C10H12ClN3S. The molecule has 0 aliphatic rings. The highest BCUT2D eigenvalue weighted by molar-refractivity contribution is 7.98. The lowest BCUT2D eigenvalue weighted by Gasteiger charge is -2.13. The van der Waals surface area contributed by atoms with Gasteiger partial charge in [-0.25, -0.2) is 4.98 Å². The fraction of sp³-hybridized carbons (Fsp3) is 0.400. The van der Waals surface area contributed by atoms with E-state index in [-0.39, 0.29) is 5.69 Å². The Hall–Kier alpha value is -0.920. The molecule has 5 heteroatoms. The summed E-state index contributed by atoms with van der Waals surface area (Å²) in [5.41, 5.74) is 0.262. The molecule has 1 aromatic heterocycles. The number of aromatic nitrogens is 1. The van der Waals surface area contributed by atoms with Crippen molar-refractivity contribution >= 4 is 29.2 Å². The Kier molecular flexibility index (Phi) is 4.73. The Labute approximate surface area is 98.8 Å². The number of pyridine rings is 1.